The summed E-state index contributed by atoms with van der Waals surface area (Å²) in [6, 6.07) is 9.32. The summed E-state index contributed by atoms with van der Waals surface area (Å²) in [5.74, 6) is -4.83. The number of hydrogen-bond donors (Lipinski definition) is 3. The molecule has 36 heavy (non-hydrogen) atoms. The lowest BCUT2D eigenvalue weighted by molar-refractivity contribution is -0.117. The van der Waals surface area contributed by atoms with E-state index in [0.29, 0.717) is 15.1 Å². The zero-order chi connectivity index (χ0) is 26.5. The highest BCUT2D eigenvalue weighted by atomic mass is 79.9. The van der Waals surface area contributed by atoms with Crippen LogP contribution in [0.15, 0.2) is 46.9 Å². The zero-order valence-electron chi connectivity index (χ0n) is 17.6. The van der Waals surface area contributed by atoms with Gasteiger partial charge in [-0.05, 0) is 64.0 Å². The predicted molar refractivity (Wildman–Crippen MR) is 144 cm³/mol. The van der Waals surface area contributed by atoms with Crippen LogP contribution in [0.5, 0.6) is 0 Å². The summed E-state index contributed by atoms with van der Waals surface area (Å²) in [5, 5.41) is 5.54. The molecule has 0 bridgehead atoms. The summed E-state index contributed by atoms with van der Waals surface area (Å²) in [4.78, 5) is 25.7. The van der Waals surface area contributed by atoms with Gasteiger partial charge in [0.15, 0.2) is 5.82 Å². The number of nitrogen functional groups attached to an aromatic ring is 1. The minimum atomic E-state index is -1.41. The maximum absolute atomic E-state index is 14.2. The largest absolute Gasteiger partial charge is 0.394 e. The molecule has 13 heteroatoms. The van der Waals surface area contributed by atoms with Crippen molar-refractivity contribution in [1.29, 1.82) is 0 Å². The summed E-state index contributed by atoms with van der Waals surface area (Å²) < 4.78 is 26.7. The molecule has 0 saturated heterocycles. The first-order valence-electron chi connectivity index (χ1n) is 10.0. The Morgan fingerprint density at radius 1 is 0.972 bits per heavy atom. The van der Waals surface area contributed by atoms with Crippen LogP contribution in [0.4, 0.5) is 25.8 Å². The Labute approximate surface area is 237 Å². The molecule has 4 rings (SSSR count). The Balaban J connectivity index is 1.53. The molecule has 0 radical (unpaired) electrons. The van der Waals surface area contributed by atoms with Crippen molar-refractivity contribution in [3.8, 4) is 0 Å². The lowest BCUT2D eigenvalue weighted by Crippen LogP contribution is -2.18. The Bertz CT molecular complexity index is 1400. The van der Waals surface area contributed by atoms with Crippen LogP contribution in [0.2, 0.25) is 15.1 Å². The Morgan fingerprint density at radius 3 is 2.33 bits per heavy atom. The normalized spacial score (nSPS) is 18.0. The lowest BCUT2D eigenvalue weighted by atomic mass is 10.1. The summed E-state index contributed by atoms with van der Waals surface area (Å²) in [5.41, 5.74) is 4.98. The number of nitrogens with one attached hydrogen (secondary N) is 2. The number of benzene rings is 3. The van der Waals surface area contributed by atoms with Gasteiger partial charge in [0, 0.05) is 16.1 Å². The number of anilines is 3. The van der Waals surface area contributed by atoms with Crippen LogP contribution in [-0.2, 0) is 4.79 Å². The lowest BCUT2D eigenvalue weighted by Gasteiger charge is -2.11. The summed E-state index contributed by atoms with van der Waals surface area (Å²) in [7, 11) is 0. The number of nitrogens with two attached hydrogens (primary N) is 1. The van der Waals surface area contributed by atoms with E-state index in [-0.39, 0.29) is 27.0 Å². The first-order chi connectivity index (χ1) is 16.8. The van der Waals surface area contributed by atoms with Gasteiger partial charge in [-0.25, -0.2) is 8.78 Å². The third kappa shape index (κ3) is 5.12. The molecule has 1 fully saturated rings. The molecular weight excluding hydrogens is 645 g/mol. The highest BCUT2D eigenvalue weighted by Crippen LogP contribution is 2.65. The van der Waals surface area contributed by atoms with Gasteiger partial charge in [-0.3, -0.25) is 9.59 Å². The minimum Gasteiger partial charge on any atom is -0.394 e. The van der Waals surface area contributed by atoms with Gasteiger partial charge in [-0.2, -0.15) is 0 Å². The predicted octanol–water partition coefficient (Wildman–Crippen LogP) is 8.05. The van der Waals surface area contributed by atoms with Gasteiger partial charge >= 0.3 is 0 Å². The first-order valence-corrected chi connectivity index (χ1v) is 12.7. The van der Waals surface area contributed by atoms with Crippen molar-refractivity contribution in [3.63, 3.8) is 0 Å². The summed E-state index contributed by atoms with van der Waals surface area (Å²) >= 11 is 34.5. The van der Waals surface area contributed by atoms with E-state index in [1.165, 1.54) is 18.2 Å². The van der Waals surface area contributed by atoms with Crippen molar-refractivity contribution in [2.75, 3.05) is 16.4 Å². The van der Waals surface area contributed by atoms with Crippen LogP contribution in [0.1, 0.15) is 21.8 Å². The Hall–Kier alpha value is -1.81. The van der Waals surface area contributed by atoms with Crippen LogP contribution >= 0.6 is 73.9 Å². The maximum atomic E-state index is 14.2. The fourth-order valence-corrected chi connectivity index (χ4v) is 5.64. The fraction of sp³-hybridized carbons (Fsp3) is 0.130. The second-order valence-electron chi connectivity index (χ2n) is 7.89. The zero-order valence-corrected chi connectivity index (χ0v) is 23.0. The van der Waals surface area contributed by atoms with Crippen LogP contribution in [0.25, 0.3) is 0 Å². The molecule has 1 aliphatic rings. The van der Waals surface area contributed by atoms with Gasteiger partial charge in [-0.1, -0.05) is 34.8 Å². The number of carbonyl (C=O) groups is 2. The Kier molecular flexibility index (Phi) is 7.68. The fourth-order valence-electron chi connectivity index (χ4n) is 3.67. The minimum absolute atomic E-state index is 0.0231. The van der Waals surface area contributed by atoms with Crippen molar-refractivity contribution < 1.29 is 18.4 Å². The molecule has 3 aromatic rings. The smallest absolute Gasteiger partial charge is 0.257 e. The van der Waals surface area contributed by atoms with Crippen LogP contribution in [0, 0.1) is 17.6 Å². The van der Waals surface area contributed by atoms with Crippen molar-refractivity contribution in [1.82, 2.24) is 0 Å². The van der Waals surface area contributed by atoms with Crippen molar-refractivity contribution >= 4 is 103 Å². The number of amides is 2. The number of carbonyl (C=O) groups excluding carboxylic acids is 2. The molecule has 4 N–H and O–H groups in total. The van der Waals surface area contributed by atoms with Gasteiger partial charge in [0.2, 0.25) is 5.91 Å². The van der Waals surface area contributed by atoms with Gasteiger partial charge in [0.25, 0.3) is 5.91 Å². The highest BCUT2D eigenvalue weighted by molar-refractivity contribution is 9.10. The van der Waals surface area contributed by atoms with Crippen molar-refractivity contribution in [3.05, 3.63) is 84.8 Å². The first kappa shape index (κ1) is 27.2. The quantitative estimate of drug-likeness (QED) is 0.147. The van der Waals surface area contributed by atoms with Crippen LogP contribution in [0.3, 0.4) is 0 Å². The molecule has 3 aromatic carbocycles. The average Bonchev–Trinajstić information content (AvgIpc) is 3.40. The third-order valence-electron chi connectivity index (χ3n) is 5.55. The molecule has 0 spiro atoms. The molecular formula is C23H13BrCl5F2N3O2. The standard InChI is InChI=1S/C23H13BrCl5F2N3O2/c24-11-5-8(6-13(26)18(11)27)16-17(23(16,28)29)22(36)33-9-1-2-12(25)10(7-9)21(35)34-15-4-3-14(30)20(32)19(15)31/h1-7,16-17H,32H2,(H,33,36)(H,34,35). The van der Waals surface area contributed by atoms with Crippen LogP contribution < -0.4 is 16.4 Å². The molecule has 2 unspecified atom stereocenters. The Morgan fingerprint density at radius 2 is 1.67 bits per heavy atom. The van der Waals surface area contributed by atoms with Gasteiger partial charge < -0.3 is 16.4 Å². The molecule has 2 atom stereocenters. The summed E-state index contributed by atoms with van der Waals surface area (Å²) in [6.45, 7) is 0. The molecule has 5 nitrogen and oxygen atoms in total. The van der Waals surface area contributed by atoms with Gasteiger partial charge in [0.05, 0.1) is 32.2 Å². The second kappa shape index (κ2) is 10.2. The number of alkyl halides is 2. The van der Waals surface area contributed by atoms with E-state index in [9.17, 15) is 18.4 Å². The molecule has 1 saturated carbocycles. The summed E-state index contributed by atoms with van der Waals surface area (Å²) in [6.07, 6.45) is 0. The van der Waals surface area contributed by atoms with Gasteiger partial charge in [0.1, 0.15) is 15.8 Å². The molecule has 0 aromatic heterocycles. The van der Waals surface area contributed by atoms with Crippen molar-refractivity contribution in [2.24, 2.45) is 5.92 Å². The number of hydrogen-bond acceptors (Lipinski definition) is 3. The topological polar surface area (TPSA) is 84.2 Å². The van der Waals surface area contributed by atoms with Gasteiger partial charge in [-0.15, -0.1) is 23.2 Å². The maximum Gasteiger partial charge on any atom is 0.257 e. The van der Waals surface area contributed by atoms with E-state index in [2.05, 4.69) is 26.6 Å². The third-order valence-corrected chi connectivity index (χ3v) is 8.48. The second-order valence-corrected chi connectivity index (χ2v) is 11.4. The highest BCUT2D eigenvalue weighted by Gasteiger charge is 2.67. The number of rotatable bonds is 5. The van der Waals surface area contributed by atoms with E-state index in [4.69, 9.17) is 63.7 Å². The van der Waals surface area contributed by atoms with E-state index < -0.39 is 45.3 Å². The molecule has 2 amide bonds. The molecule has 188 valence electrons. The monoisotopic (exact) mass is 655 g/mol. The molecule has 0 heterocycles. The average molecular weight is 659 g/mol. The SMILES string of the molecule is Nc1c(F)ccc(NC(=O)c2cc(NC(=O)C3C(c4cc(Cl)c(Cl)c(Br)c4)C3(Cl)Cl)ccc2Cl)c1F. The molecule has 1 aliphatic carbocycles. The molecule has 0 aliphatic heterocycles. The number of halogens is 8. The van der Waals surface area contributed by atoms with E-state index in [0.717, 1.165) is 12.1 Å². The van der Waals surface area contributed by atoms with Crippen LogP contribution in [-0.4, -0.2) is 16.1 Å². The van der Waals surface area contributed by atoms with E-state index in [1.54, 1.807) is 12.1 Å². The van der Waals surface area contributed by atoms with Crippen molar-refractivity contribution in [2.45, 2.75) is 10.3 Å². The van der Waals surface area contributed by atoms with E-state index >= 15 is 0 Å². The van der Waals surface area contributed by atoms with E-state index in [1.807, 2.05) is 0 Å².